The largest absolute Gasteiger partial charge is 0.496 e. The van der Waals surface area contributed by atoms with Gasteiger partial charge in [-0.2, -0.15) is 5.26 Å². The van der Waals surface area contributed by atoms with Crippen LogP contribution >= 0.6 is 0 Å². The van der Waals surface area contributed by atoms with E-state index in [9.17, 15) is 0 Å². The molecule has 0 atom stereocenters. The molecule has 102 valence electrons. The molecule has 0 aliphatic carbocycles. The predicted octanol–water partition coefficient (Wildman–Crippen LogP) is 2.79. The van der Waals surface area contributed by atoms with Crippen LogP contribution in [-0.4, -0.2) is 14.2 Å². The molecular formula is C16H17N3O. The zero-order valence-corrected chi connectivity index (χ0v) is 11.6. The first-order valence-electron chi connectivity index (χ1n) is 6.27. The maximum atomic E-state index is 8.94. The monoisotopic (exact) mass is 267 g/mol. The van der Waals surface area contributed by atoms with Gasteiger partial charge in [0.15, 0.2) is 0 Å². The molecule has 0 fully saturated rings. The minimum atomic E-state index is 0.652. The van der Waals surface area contributed by atoms with Gasteiger partial charge >= 0.3 is 0 Å². The quantitative estimate of drug-likeness (QED) is 0.865. The second-order valence-corrected chi connectivity index (χ2v) is 4.59. The summed E-state index contributed by atoms with van der Waals surface area (Å²) in [6.07, 6.45) is 0. The van der Waals surface area contributed by atoms with Gasteiger partial charge in [0.05, 0.1) is 18.7 Å². The Morgan fingerprint density at radius 2 is 2.05 bits per heavy atom. The lowest BCUT2D eigenvalue weighted by atomic mass is 10.1. The van der Waals surface area contributed by atoms with Crippen LogP contribution in [0.3, 0.4) is 0 Å². The third kappa shape index (κ3) is 3.01. The molecule has 0 aliphatic heterocycles. The van der Waals surface area contributed by atoms with Crippen LogP contribution in [0.25, 0.3) is 0 Å². The van der Waals surface area contributed by atoms with Gasteiger partial charge in [-0.25, -0.2) is 0 Å². The van der Waals surface area contributed by atoms with Gasteiger partial charge in [-0.3, -0.25) is 0 Å². The van der Waals surface area contributed by atoms with E-state index >= 15 is 0 Å². The summed E-state index contributed by atoms with van der Waals surface area (Å²) in [7, 11) is 3.61. The molecule has 0 aliphatic rings. The van der Waals surface area contributed by atoms with Gasteiger partial charge in [0.1, 0.15) is 5.75 Å². The summed E-state index contributed by atoms with van der Waals surface area (Å²) in [5, 5.41) is 8.94. The highest BCUT2D eigenvalue weighted by Crippen LogP contribution is 2.25. The van der Waals surface area contributed by atoms with E-state index in [1.807, 2.05) is 43.4 Å². The smallest absolute Gasteiger partial charge is 0.125 e. The number of rotatable bonds is 4. The Balaban J connectivity index is 2.23. The fraction of sp³-hybridized carbons (Fsp3) is 0.188. The molecule has 2 rings (SSSR count). The molecule has 0 saturated carbocycles. The standard InChI is InChI=1S/C16H17N3O/c1-19(15-5-3-4-12(8-15)10-17)11-13-6-7-14(18)9-16(13)20-2/h3-9H,11,18H2,1-2H3. The molecular weight excluding hydrogens is 250 g/mol. The van der Waals surface area contributed by atoms with Crippen molar-refractivity contribution in [3.8, 4) is 11.8 Å². The third-order valence-electron chi connectivity index (χ3n) is 3.13. The van der Waals surface area contributed by atoms with Crippen molar-refractivity contribution in [3.63, 3.8) is 0 Å². The Labute approximate surface area is 119 Å². The lowest BCUT2D eigenvalue weighted by Gasteiger charge is -2.21. The first-order chi connectivity index (χ1) is 9.63. The minimum Gasteiger partial charge on any atom is -0.496 e. The van der Waals surface area contributed by atoms with Crippen LogP contribution in [0.1, 0.15) is 11.1 Å². The maximum Gasteiger partial charge on any atom is 0.125 e. The molecule has 2 aromatic carbocycles. The van der Waals surface area contributed by atoms with Crippen LogP contribution in [0, 0.1) is 11.3 Å². The molecule has 2 N–H and O–H groups in total. The van der Waals surface area contributed by atoms with Gasteiger partial charge in [-0.1, -0.05) is 12.1 Å². The Kier molecular flexibility index (Phi) is 4.11. The topological polar surface area (TPSA) is 62.3 Å². The van der Waals surface area contributed by atoms with E-state index in [4.69, 9.17) is 15.7 Å². The van der Waals surface area contributed by atoms with Gasteiger partial charge in [-0.05, 0) is 24.3 Å². The summed E-state index contributed by atoms with van der Waals surface area (Å²) < 4.78 is 5.35. The van der Waals surface area contributed by atoms with Gasteiger partial charge in [0, 0.05) is 36.6 Å². The number of nitrogen functional groups attached to an aromatic ring is 1. The van der Waals surface area contributed by atoms with Gasteiger partial charge in [0.2, 0.25) is 0 Å². The highest BCUT2D eigenvalue weighted by molar-refractivity contribution is 5.54. The van der Waals surface area contributed by atoms with Gasteiger partial charge in [-0.15, -0.1) is 0 Å². The Morgan fingerprint density at radius 1 is 1.25 bits per heavy atom. The number of nitrogens with zero attached hydrogens (tertiary/aromatic N) is 2. The van der Waals surface area contributed by atoms with Gasteiger partial charge in [0.25, 0.3) is 0 Å². The van der Waals surface area contributed by atoms with Crippen molar-refractivity contribution in [1.29, 1.82) is 5.26 Å². The number of hydrogen-bond acceptors (Lipinski definition) is 4. The zero-order chi connectivity index (χ0) is 14.5. The number of nitriles is 1. The maximum absolute atomic E-state index is 8.94. The molecule has 0 bridgehead atoms. The summed E-state index contributed by atoms with van der Waals surface area (Å²) in [5.41, 5.74) is 9.12. The van der Waals surface area contributed by atoms with Crippen molar-refractivity contribution >= 4 is 11.4 Å². The predicted molar refractivity (Wildman–Crippen MR) is 80.7 cm³/mol. The lowest BCUT2D eigenvalue weighted by Crippen LogP contribution is -2.17. The number of nitrogens with two attached hydrogens (primary N) is 1. The highest BCUT2D eigenvalue weighted by Gasteiger charge is 2.08. The average molecular weight is 267 g/mol. The van der Waals surface area contributed by atoms with E-state index in [0.717, 1.165) is 17.0 Å². The average Bonchev–Trinajstić information content (AvgIpc) is 2.49. The van der Waals surface area contributed by atoms with Crippen molar-refractivity contribution in [2.75, 3.05) is 24.8 Å². The van der Waals surface area contributed by atoms with Crippen LogP contribution in [0.2, 0.25) is 0 Å². The molecule has 0 aromatic heterocycles. The molecule has 4 nitrogen and oxygen atoms in total. The summed E-state index contributed by atoms with van der Waals surface area (Å²) in [6.45, 7) is 0.679. The second-order valence-electron chi connectivity index (χ2n) is 4.59. The summed E-state index contributed by atoms with van der Waals surface area (Å²) in [4.78, 5) is 2.06. The lowest BCUT2D eigenvalue weighted by molar-refractivity contribution is 0.410. The number of benzene rings is 2. The second kappa shape index (κ2) is 5.98. The van der Waals surface area contributed by atoms with Crippen molar-refractivity contribution in [2.45, 2.75) is 6.54 Å². The van der Waals surface area contributed by atoms with E-state index in [1.165, 1.54) is 0 Å². The fourth-order valence-electron chi connectivity index (χ4n) is 2.05. The number of anilines is 2. The molecule has 0 radical (unpaired) electrons. The van der Waals surface area contributed by atoms with E-state index < -0.39 is 0 Å². The minimum absolute atomic E-state index is 0.652. The molecule has 0 saturated heterocycles. The Morgan fingerprint density at radius 3 is 2.75 bits per heavy atom. The highest BCUT2D eigenvalue weighted by atomic mass is 16.5. The summed E-state index contributed by atoms with van der Waals surface area (Å²) in [6, 6.07) is 15.3. The number of hydrogen-bond donors (Lipinski definition) is 1. The van der Waals surface area contributed by atoms with Crippen LogP contribution < -0.4 is 15.4 Å². The van der Waals surface area contributed by atoms with Crippen LogP contribution in [0.15, 0.2) is 42.5 Å². The van der Waals surface area contributed by atoms with Crippen molar-refractivity contribution in [3.05, 3.63) is 53.6 Å². The van der Waals surface area contributed by atoms with Crippen molar-refractivity contribution in [1.82, 2.24) is 0 Å². The molecule has 0 amide bonds. The van der Waals surface area contributed by atoms with Crippen molar-refractivity contribution < 1.29 is 4.74 Å². The van der Waals surface area contributed by atoms with E-state index in [0.29, 0.717) is 17.8 Å². The zero-order valence-electron chi connectivity index (χ0n) is 11.6. The van der Waals surface area contributed by atoms with Crippen LogP contribution in [0.4, 0.5) is 11.4 Å². The Bertz CT molecular complexity index is 646. The molecule has 20 heavy (non-hydrogen) atoms. The number of methoxy groups -OCH3 is 1. The van der Waals surface area contributed by atoms with Gasteiger partial charge < -0.3 is 15.4 Å². The van der Waals surface area contributed by atoms with Crippen LogP contribution in [0.5, 0.6) is 5.75 Å². The molecule has 0 heterocycles. The normalized spacial score (nSPS) is 9.85. The summed E-state index contributed by atoms with van der Waals surface area (Å²) in [5.74, 6) is 0.772. The molecule has 4 heteroatoms. The first-order valence-corrected chi connectivity index (χ1v) is 6.27. The number of ether oxygens (including phenoxy) is 1. The third-order valence-corrected chi connectivity index (χ3v) is 3.13. The van der Waals surface area contributed by atoms with Crippen LogP contribution in [-0.2, 0) is 6.54 Å². The first kappa shape index (κ1) is 13.8. The molecule has 2 aromatic rings. The van der Waals surface area contributed by atoms with E-state index in [1.54, 1.807) is 13.2 Å². The van der Waals surface area contributed by atoms with E-state index in [-0.39, 0.29) is 0 Å². The SMILES string of the molecule is COc1cc(N)ccc1CN(C)c1cccc(C#N)c1. The van der Waals surface area contributed by atoms with Crippen molar-refractivity contribution in [2.24, 2.45) is 0 Å². The fourth-order valence-corrected chi connectivity index (χ4v) is 2.05. The molecule has 0 spiro atoms. The van der Waals surface area contributed by atoms with E-state index in [2.05, 4.69) is 11.0 Å². The summed E-state index contributed by atoms with van der Waals surface area (Å²) >= 11 is 0. The molecule has 0 unspecified atom stereocenters. The Hall–Kier alpha value is -2.67.